The number of esters is 1. The van der Waals surface area contributed by atoms with E-state index in [-0.39, 0.29) is 19.6 Å². The standard InChI is InChI=1S/C58H102O12S/c1-3-5-7-9-11-13-15-17-19-21-23-25-26-27-28-29-31-33-35-37-39-41-43-45-47-54(60)68-52(51-67-58-56(62)57(70-71(63,64)65)55(61)53(49-59)69-58)50-66-48-46-44-42-40-38-36-34-32-30-24-22-20-18-16-14-12-10-8-6-4-2/h6,8,12,14,18,20,24,30,34,36,40,42,52-53,55-59,61-62H,3-5,7,9-11,13,15-17,19,21-23,25-29,31-33,35,37-39,41,43-51H2,1-2H3,(H,63,64,65)/b8-6-,14-12-,20-18-,30-24-,36-34-,42-40-. The van der Waals surface area contributed by atoms with Crippen molar-refractivity contribution in [3.63, 3.8) is 0 Å². The first-order chi connectivity index (χ1) is 34.6. The second-order valence-electron chi connectivity index (χ2n) is 19.2. The van der Waals surface area contributed by atoms with Crippen molar-refractivity contribution in [3.8, 4) is 0 Å². The largest absolute Gasteiger partial charge is 0.457 e. The molecule has 412 valence electrons. The SMILES string of the molecule is CC/C=C\C/C=C\C/C=C\C/C=C\C/C=C\C/C=C\CCCOCC(COC1OC(CO)C(O)C(OS(=O)(=O)O)C1O)OC(=O)CCCCCCCCCCCCCCCCCCCCCCCCCC. The molecule has 0 amide bonds. The maximum absolute atomic E-state index is 12.9. The minimum atomic E-state index is -5.08. The third kappa shape index (κ3) is 41.6. The van der Waals surface area contributed by atoms with Crippen LogP contribution in [0.1, 0.15) is 226 Å². The highest BCUT2D eigenvalue weighted by atomic mass is 32.3. The average Bonchev–Trinajstić information content (AvgIpc) is 3.35. The highest BCUT2D eigenvalue weighted by Crippen LogP contribution is 2.26. The number of ether oxygens (including phenoxy) is 4. The molecule has 0 bridgehead atoms. The molecule has 0 aliphatic carbocycles. The molecule has 4 N–H and O–H groups in total. The zero-order chi connectivity index (χ0) is 51.7. The lowest BCUT2D eigenvalue weighted by Gasteiger charge is -2.41. The van der Waals surface area contributed by atoms with Crippen molar-refractivity contribution < 1.29 is 56.2 Å². The van der Waals surface area contributed by atoms with Crippen molar-refractivity contribution in [2.75, 3.05) is 26.4 Å². The molecule has 6 atom stereocenters. The van der Waals surface area contributed by atoms with Crippen molar-refractivity contribution >= 4 is 16.4 Å². The van der Waals surface area contributed by atoms with Crippen LogP contribution in [-0.2, 0) is 38.3 Å². The van der Waals surface area contributed by atoms with Crippen molar-refractivity contribution in [1.29, 1.82) is 0 Å². The van der Waals surface area contributed by atoms with Gasteiger partial charge in [-0.15, -0.1) is 0 Å². The van der Waals surface area contributed by atoms with Gasteiger partial charge in [0, 0.05) is 13.0 Å². The summed E-state index contributed by atoms with van der Waals surface area (Å²) in [4.78, 5) is 12.9. The molecule has 0 aromatic carbocycles. The van der Waals surface area contributed by atoms with Crippen LogP contribution < -0.4 is 0 Å². The van der Waals surface area contributed by atoms with Crippen molar-refractivity contribution in [2.45, 2.75) is 263 Å². The third-order valence-corrected chi connectivity index (χ3v) is 13.1. The van der Waals surface area contributed by atoms with Crippen LogP contribution in [0.2, 0.25) is 0 Å². The Morgan fingerprint density at radius 3 is 1.37 bits per heavy atom. The zero-order valence-electron chi connectivity index (χ0n) is 44.5. The number of carbonyl (C=O) groups is 1. The van der Waals surface area contributed by atoms with Gasteiger partial charge in [-0.2, -0.15) is 8.42 Å². The zero-order valence-corrected chi connectivity index (χ0v) is 45.3. The van der Waals surface area contributed by atoms with Gasteiger partial charge in [0.25, 0.3) is 0 Å². The Bertz CT molecular complexity index is 1510. The van der Waals surface area contributed by atoms with Crippen LogP contribution in [-0.4, -0.2) is 97.5 Å². The van der Waals surface area contributed by atoms with Gasteiger partial charge in [-0.25, -0.2) is 4.18 Å². The van der Waals surface area contributed by atoms with Crippen LogP contribution in [0.15, 0.2) is 72.9 Å². The fourth-order valence-electron chi connectivity index (χ4n) is 8.40. The van der Waals surface area contributed by atoms with E-state index in [0.29, 0.717) is 13.0 Å². The normalized spacial score (nSPS) is 19.5. The van der Waals surface area contributed by atoms with Crippen molar-refractivity contribution in [2.24, 2.45) is 0 Å². The first-order valence-corrected chi connectivity index (χ1v) is 29.6. The van der Waals surface area contributed by atoms with Gasteiger partial charge in [-0.3, -0.25) is 9.35 Å². The van der Waals surface area contributed by atoms with Crippen molar-refractivity contribution in [1.82, 2.24) is 0 Å². The van der Waals surface area contributed by atoms with Crippen LogP contribution in [0.4, 0.5) is 0 Å². The molecule has 1 aliphatic heterocycles. The number of hydrogen-bond acceptors (Lipinski definition) is 11. The van der Waals surface area contributed by atoms with E-state index < -0.39 is 59.8 Å². The summed E-state index contributed by atoms with van der Waals surface area (Å²) in [6.07, 6.45) is 55.3. The Morgan fingerprint density at radius 2 is 0.958 bits per heavy atom. The fraction of sp³-hybridized carbons (Fsp3) is 0.776. The number of allylic oxidation sites excluding steroid dienone is 12. The summed E-state index contributed by atoms with van der Waals surface area (Å²) in [5, 5.41) is 30.8. The topological polar surface area (TPSA) is 178 Å². The second kappa shape index (κ2) is 48.5. The molecule has 0 aromatic rings. The molecule has 1 aliphatic rings. The quantitative estimate of drug-likeness (QED) is 0.0196. The third-order valence-electron chi connectivity index (χ3n) is 12.6. The Labute approximate surface area is 432 Å². The van der Waals surface area contributed by atoms with E-state index >= 15 is 0 Å². The predicted octanol–water partition coefficient (Wildman–Crippen LogP) is 13.8. The van der Waals surface area contributed by atoms with E-state index in [1.807, 2.05) is 0 Å². The van der Waals surface area contributed by atoms with Crippen LogP contribution in [0, 0.1) is 0 Å². The van der Waals surface area contributed by atoms with Gasteiger partial charge in [0.05, 0.1) is 19.8 Å². The predicted molar refractivity (Wildman–Crippen MR) is 289 cm³/mol. The summed E-state index contributed by atoms with van der Waals surface area (Å²) < 4.78 is 59.3. The molecule has 0 radical (unpaired) electrons. The summed E-state index contributed by atoms with van der Waals surface area (Å²) in [6.45, 7) is 3.76. The molecule has 71 heavy (non-hydrogen) atoms. The van der Waals surface area contributed by atoms with Gasteiger partial charge in [0.2, 0.25) is 0 Å². The number of rotatable bonds is 49. The smallest absolute Gasteiger partial charge is 0.397 e. The molecule has 1 rings (SSSR count). The van der Waals surface area contributed by atoms with E-state index in [2.05, 4.69) is 90.9 Å². The molecule has 1 heterocycles. The molecule has 0 aromatic heterocycles. The number of unbranched alkanes of at least 4 members (excludes halogenated alkanes) is 24. The van der Waals surface area contributed by atoms with Gasteiger partial charge in [0.15, 0.2) is 6.29 Å². The molecule has 0 spiro atoms. The lowest BCUT2D eigenvalue weighted by molar-refractivity contribution is -0.301. The summed E-state index contributed by atoms with van der Waals surface area (Å²) in [5.74, 6) is -0.416. The highest BCUT2D eigenvalue weighted by Gasteiger charge is 2.48. The van der Waals surface area contributed by atoms with Crippen LogP contribution in [0.3, 0.4) is 0 Å². The minimum Gasteiger partial charge on any atom is -0.457 e. The first-order valence-electron chi connectivity index (χ1n) is 28.2. The van der Waals surface area contributed by atoms with E-state index in [1.165, 1.54) is 128 Å². The van der Waals surface area contributed by atoms with Crippen LogP contribution in [0.25, 0.3) is 0 Å². The van der Waals surface area contributed by atoms with Gasteiger partial charge < -0.3 is 34.3 Å². The van der Waals surface area contributed by atoms with Gasteiger partial charge in [-0.1, -0.05) is 234 Å². The maximum Gasteiger partial charge on any atom is 0.397 e. The monoisotopic (exact) mass is 1020 g/mol. The first kappa shape index (κ1) is 66.6. The Kier molecular flexibility index (Phi) is 45.4. The average molecular weight is 1020 g/mol. The van der Waals surface area contributed by atoms with Crippen molar-refractivity contribution in [3.05, 3.63) is 72.9 Å². The lowest BCUT2D eigenvalue weighted by Crippen LogP contribution is -2.60. The molecule has 12 nitrogen and oxygen atoms in total. The summed E-state index contributed by atoms with van der Waals surface area (Å²) in [5.41, 5.74) is 0. The second-order valence-corrected chi connectivity index (χ2v) is 20.2. The Balaban J connectivity index is 2.34. The van der Waals surface area contributed by atoms with Gasteiger partial charge in [0.1, 0.15) is 30.5 Å². The molecule has 0 saturated carbocycles. The summed E-state index contributed by atoms with van der Waals surface area (Å²) in [6, 6.07) is 0. The number of aliphatic hydroxyl groups excluding tert-OH is 3. The van der Waals surface area contributed by atoms with E-state index in [9.17, 15) is 33.1 Å². The van der Waals surface area contributed by atoms with Gasteiger partial charge in [-0.05, 0) is 57.8 Å². The Morgan fingerprint density at radius 1 is 0.549 bits per heavy atom. The van der Waals surface area contributed by atoms with Gasteiger partial charge >= 0.3 is 16.4 Å². The molecular formula is C58H102O12S. The van der Waals surface area contributed by atoms with E-state index in [0.717, 1.165) is 70.6 Å². The minimum absolute atomic E-state index is 0.00521. The molecule has 13 heteroatoms. The molecule has 6 unspecified atom stereocenters. The molecule has 1 saturated heterocycles. The Hall–Kier alpha value is -2.46. The number of carbonyl (C=O) groups excluding carboxylic acids is 1. The fourth-order valence-corrected chi connectivity index (χ4v) is 8.91. The highest BCUT2D eigenvalue weighted by molar-refractivity contribution is 7.80. The van der Waals surface area contributed by atoms with E-state index in [4.69, 9.17) is 18.9 Å². The summed E-state index contributed by atoms with van der Waals surface area (Å²) in [7, 11) is -5.08. The molecular weight excluding hydrogens is 921 g/mol. The number of aliphatic hydroxyl groups is 3. The van der Waals surface area contributed by atoms with Crippen LogP contribution in [0.5, 0.6) is 0 Å². The lowest BCUT2D eigenvalue weighted by atomic mass is 9.99. The summed E-state index contributed by atoms with van der Waals surface area (Å²) >= 11 is 0. The number of hydrogen-bond donors (Lipinski definition) is 4. The van der Waals surface area contributed by atoms with E-state index in [1.54, 1.807) is 0 Å². The van der Waals surface area contributed by atoms with Crippen LogP contribution >= 0.6 is 0 Å². The maximum atomic E-state index is 12.9. The molecule has 1 fully saturated rings.